The van der Waals surface area contributed by atoms with Crippen LogP contribution in [-0.2, 0) is 0 Å². The van der Waals surface area contributed by atoms with Gasteiger partial charge in [0.05, 0.1) is 0 Å². The molecule has 0 nitrogen and oxygen atoms in total. The van der Waals surface area contributed by atoms with Crippen molar-refractivity contribution in [2.45, 2.75) is 12.2 Å². The van der Waals surface area contributed by atoms with Crippen molar-refractivity contribution in [3.8, 4) is 0 Å². The van der Waals surface area contributed by atoms with Crippen LogP contribution in [0.25, 0.3) is 0 Å². The van der Waals surface area contributed by atoms with E-state index < -0.39 is 0 Å². The summed E-state index contributed by atoms with van der Waals surface area (Å²) in [6.07, 6.45) is 0. The van der Waals surface area contributed by atoms with E-state index in [1.165, 1.54) is 5.28 Å². The molecule has 0 fully saturated rings. The third kappa shape index (κ3) is 11.9. The van der Waals surface area contributed by atoms with Gasteiger partial charge >= 0.3 is 0 Å². The average molecular weight is 137 g/mol. The third-order valence-electron chi connectivity index (χ3n) is 0. The Balaban J connectivity index is 0. The first-order valence-electron chi connectivity index (χ1n) is 1.12. The van der Waals surface area contributed by atoms with Gasteiger partial charge in [-0.25, -0.2) is 0 Å². The van der Waals surface area contributed by atoms with Crippen LogP contribution in [-0.4, -0.2) is 16.3 Å². The first-order chi connectivity index (χ1) is 1.41. The highest BCUT2D eigenvalue weighted by Gasteiger charge is 1.37. The Hall–Kier alpha value is 1.01. The molecule has 0 aromatic carbocycles. The normalized spacial score (nSPS) is 4.25. The molecule has 0 saturated carbocycles. The number of rotatable bonds is 0. The summed E-state index contributed by atoms with van der Waals surface area (Å²) in [5.74, 6) is 0. The zero-order chi connectivity index (χ0) is 2.71. The number of hydrogen-bond donors (Lipinski definition) is 0. The van der Waals surface area contributed by atoms with Gasteiger partial charge in [-0.2, -0.15) is 0 Å². The molecule has 0 aliphatic carbocycles. The summed E-state index contributed by atoms with van der Waals surface area (Å²) in [7, 11) is 0. The van der Waals surface area contributed by atoms with E-state index in [-0.39, 0.29) is 17.0 Å². The molecule has 0 aromatic rings. The summed E-state index contributed by atoms with van der Waals surface area (Å²) >= 11 is 2.58. The van der Waals surface area contributed by atoms with Gasteiger partial charge in [-0.05, 0) is 0 Å². The van der Waals surface area contributed by atoms with Crippen LogP contribution in [0.2, 0.25) is 5.28 Å². The summed E-state index contributed by atoms with van der Waals surface area (Å²) in [6.45, 7) is 2.09. The van der Waals surface area contributed by atoms with Gasteiger partial charge in [0.2, 0.25) is 0 Å². The first-order valence-corrected chi connectivity index (χ1v) is 1.93. The average Bonchev–Trinajstić information content (AvgIpc) is 0.918. The van der Waals surface area contributed by atoms with Gasteiger partial charge in [0, 0.05) is 0 Å². The molecule has 2 radical (unpaired) electrons. The van der Waals surface area contributed by atoms with Crippen molar-refractivity contribution in [1.82, 2.24) is 0 Å². The van der Waals surface area contributed by atoms with Crippen LogP contribution < -0.4 is 0 Å². The van der Waals surface area contributed by atoms with E-state index in [9.17, 15) is 0 Å². The van der Waals surface area contributed by atoms with E-state index in [4.69, 9.17) is 0 Å². The smallest absolute Gasteiger partial charge is 0.117 e. The molecule has 0 spiro atoms. The molecule has 0 amide bonds. The standard InChI is InChI=1S/C2H5.Al.BrH/c1-2;;/h1H2,2H3;;1H. The molecule has 2 heteroatoms. The predicted molar refractivity (Wildman–Crippen MR) is 26.6 cm³/mol. The van der Waals surface area contributed by atoms with E-state index in [2.05, 4.69) is 23.2 Å². The van der Waals surface area contributed by atoms with Gasteiger partial charge in [-0.3, -0.25) is 0 Å². The first kappa shape index (κ1) is 8.89. The van der Waals surface area contributed by atoms with E-state index in [1.807, 2.05) is 0 Å². The summed E-state index contributed by atoms with van der Waals surface area (Å²) in [5.41, 5.74) is 0. The summed E-state index contributed by atoms with van der Waals surface area (Å²) in [5, 5.41) is 1.17. The van der Waals surface area contributed by atoms with Crippen LogP contribution in [0.5, 0.6) is 0 Å². The van der Waals surface area contributed by atoms with Gasteiger partial charge in [-0.1, -0.05) is 6.92 Å². The molecule has 0 aliphatic heterocycles. The molecule has 24 valence electrons. The summed E-state index contributed by atoms with van der Waals surface area (Å²) in [6, 6.07) is 0. The van der Waals surface area contributed by atoms with Crippen molar-refractivity contribution < 1.29 is 0 Å². The maximum Gasteiger partial charge on any atom is 0.117 e. The molecule has 0 aromatic heterocycles. The summed E-state index contributed by atoms with van der Waals surface area (Å²) in [4.78, 5) is 0. The maximum absolute atomic E-state index is 2.58. The lowest BCUT2D eigenvalue weighted by Crippen LogP contribution is -1.41. The quantitative estimate of drug-likeness (QED) is 0.439. The van der Waals surface area contributed by atoms with Crippen molar-refractivity contribution in [3.63, 3.8) is 0 Å². The predicted octanol–water partition coefficient (Wildman–Crippen LogP) is 1.17. The lowest BCUT2D eigenvalue weighted by Gasteiger charge is -1.47. The summed E-state index contributed by atoms with van der Waals surface area (Å²) < 4.78 is 0. The molecule has 0 N–H and O–H groups in total. The SMILES string of the molecule is Br.C[CH2][Al]. The Labute approximate surface area is 45.8 Å². The Morgan fingerprint density at radius 2 is 1.75 bits per heavy atom. The van der Waals surface area contributed by atoms with Crippen molar-refractivity contribution in [2.24, 2.45) is 0 Å². The molecule has 0 saturated heterocycles. The third-order valence-corrected chi connectivity index (χ3v) is 0. The largest absolute Gasteiger partial charge is 0.120 e. The lowest BCUT2D eigenvalue weighted by molar-refractivity contribution is 1.48. The highest BCUT2D eigenvalue weighted by molar-refractivity contribution is 8.93. The van der Waals surface area contributed by atoms with E-state index in [0.29, 0.717) is 0 Å². The van der Waals surface area contributed by atoms with E-state index in [0.717, 1.165) is 0 Å². The fourth-order valence-electron chi connectivity index (χ4n) is 0. The fourth-order valence-corrected chi connectivity index (χ4v) is 0. The van der Waals surface area contributed by atoms with E-state index >= 15 is 0 Å². The van der Waals surface area contributed by atoms with Gasteiger partial charge in [0.25, 0.3) is 0 Å². The van der Waals surface area contributed by atoms with Crippen molar-refractivity contribution in [1.29, 1.82) is 0 Å². The molecule has 0 unspecified atom stereocenters. The van der Waals surface area contributed by atoms with Gasteiger partial charge in [-0.15, -0.1) is 22.3 Å². The minimum absolute atomic E-state index is 0. The molecule has 4 heavy (non-hydrogen) atoms. The maximum atomic E-state index is 2.58. The van der Waals surface area contributed by atoms with Gasteiger partial charge in [0.15, 0.2) is 0 Å². The fraction of sp³-hybridized carbons (Fsp3) is 1.00. The second kappa shape index (κ2) is 8.99. The van der Waals surface area contributed by atoms with Gasteiger partial charge < -0.3 is 0 Å². The topological polar surface area (TPSA) is 0 Å². The van der Waals surface area contributed by atoms with Crippen LogP contribution in [0.15, 0.2) is 0 Å². The van der Waals surface area contributed by atoms with Crippen LogP contribution >= 0.6 is 17.0 Å². The van der Waals surface area contributed by atoms with Crippen LogP contribution in [0.1, 0.15) is 6.92 Å². The Morgan fingerprint density at radius 3 is 1.75 bits per heavy atom. The molecule has 0 bridgehead atoms. The molecule has 0 heterocycles. The minimum Gasteiger partial charge on any atom is -0.120 e. The van der Waals surface area contributed by atoms with Crippen molar-refractivity contribution >= 4 is 33.3 Å². The minimum atomic E-state index is 0. The molecule has 0 aliphatic rings. The lowest BCUT2D eigenvalue weighted by atomic mass is 11.0. The van der Waals surface area contributed by atoms with Gasteiger partial charge in [0.1, 0.15) is 16.3 Å². The molecule has 0 atom stereocenters. The monoisotopic (exact) mass is 136 g/mol. The zero-order valence-electron chi connectivity index (χ0n) is 2.69. The zero-order valence-corrected chi connectivity index (χ0v) is 5.56. The van der Waals surface area contributed by atoms with Crippen molar-refractivity contribution in [3.05, 3.63) is 0 Å². The van der Waals surface area contributed by atoms with E-state index in [1.54, 1.807) is 0 Å². The molecule has 0 rings (SSSR count). The van der Waals surface area contributed by atoms with Crippen LogP contribution in [0, 0.1) is 0 Å². The highest BCUT2D eigenvalue weighted by atomic mass is 79.9. The number of hydrogen-bond acceptors (Lipinski definition) is 0. The molecular weight excluding hydrogens is 131 g/mol. The second-order valence-electron chi connectivity index (χ2n) is 0.408. The Morgan fingerprint density at radius 1 is 1.75 bits per heavy atom. The second-order valence-corrected chi connectivity index (χ2v) is 1.22. The van der Waals surface area contributed by atoms with Crippen LogP contribution in [0.4, 0.5) is 0 Å². The Kier molecular flexibility index (Phi) is 20.0. The van der Waals surface area contributed by atoms with Crippen LogP contribution in [0.3, 0.4) is 0 Å². The molecular formula is C2H6AlBr. The number of halogens is 1. The van der Waals surface area contributed by atoms with Crippen molar-refractivity contribution in [2.75, 3.05) is 0 Å². The Bertz CT molecular complexity index is 6.00. The highest BCUT2D eigenvalue weighted by Crippen LogP contribution is 1.49.